The van der Waals surface area contributed by atoms with E-state index in [1.54, 1.807) is 24.3 Å². The molecule has 2 fully saturated rings. The molecule has 3 rings (SSSR count). The summed E-state index contributed by atoms with van der Waals surface area (Å²) < 4.78 is 0. The predicted molar refractivity (Wildman–Crippen MR) is 90.4 cm³/mol. The molecule has 1 aromatic rings. The van der Waals surface area contributed by atoms with E-state index in [-0.39, 0.29) is 12.0 Å². The van der Waals surface area contributed by atoms with E-state index < -0.39 is 30.3 Å². The van der Waals surface area contributed by atoms with Gasteiger partial charge in [-0.05, 0) is 30.9 Å². The van der Waals surface area contributed by atoms with Crippen molar-refractivity contribution in [1.29, 1.82) is 0 Å². The predicted octanol–water partition coefficient (Wildman–Crippen LogP) is 1.99. The van der Waals surface area contributed by atoms with Gasteiger partial charge >= 0.3 is 17.8 Å². The first-order chi connectivity index (χ1) is 12.0. The second-order valence-electron chi connectivity index (χ2n) is 6.59. The normalized spacial score (nSPS) is 24.0. The lowest BCUT2D eigenvalue weighted by molar-refractivity contribution is -0.145. The molecule has 5 amide bonds. The lowest BCUT2D eigenvalue weighted by Gasteiger charge is -2.34. The number of nitrogens with one attached hydrogen (secondary N) is 1. The van der Waals surface area contributed by atoms with Crippen LogP contribution in [0.1, 0.15) is 32.6 Å². The molecule has 2 aliphatic rings. The Morgan fingerprint density at radius 2 is 1.76 bits per heavy atom. The number of anilines is 1. The van der Waals surface area contributed by atoms with E-state index in [1.807, 2.05) is 13.0 Å². The van der Waals surface area contributed by atoms with E-state index in [0.29, 0.717) is 12.1 Å². The van der Waals surface area contributed by atoms with Gasteiger partial charge in [-0.25, -0.2) is 9.69 Å². The number of imide groups is 2. The summed E-state index contributed by atoms with van der Waals surface area (Å²) in [4.78, 5) is 51.0. The van der Waals surface area contributed by atoms with Gasteiger partial charge in [0.1, 0.15) is 6.54 Å². The Labute approximate surface area is 146 Å². The molecule has 132 valence electrons. The molecule has 2 atom stereocenters. The Bertz CT molecular complexity index is 704. The minimum absolute atomic E-state index is 0.160. The fourth-order valence-corrected chi connectivity index (χ4v) is 3.50. The van der Waals surface area contributed by atoms with Gasteiger partial charge in [-0.15, -0.1) is 0 Å². The summed E-state index contributed by atoms with van der Waals surface area (Å²) in [6.07, 6.45) is 3.61. The van der Waals surface area contributed by atoms with Gasteiger partial charge in [0, 0.05) is 11.7 Å². The highest BCUT2D eigenvalue weighted by Gasteiger charge is 2.49. The van der Waals surface area contributed by atoms with Gasteiger partial charge in [0.25, 0.3) is 0 Å². The molecule has 0 aromatic heterocycles. The molecule has 1 aliphatic carbocycles. The van der Waals surface area contributed by atoms with Crippen molar-refractivity contribution < 1.29 is 19.2 Å². The van der Waals surface area contributed by atoms with Crippen molar-refractivity contribution in [2.75, 3.05) is 11.9 Å². The molecule has 1 N–H and O–H groups in total. The number of carbonyl (C=O) groups excluding carboxylic acids is 4. The van der Waals surface area contributed by atoms with Gasteiger partial charge < -0.3 is 5.32 Å². The molecule has 7 nitrogen and oxygen atoms in total. The highest BCUT2D eigenvalue weighted by molar-refractivity contribution is 6.45. The minimum atomic E-state index is -0.925. The number of hydrogen-bond donors (Lipinski definition) is 1. The molecular weight excluding hydrogens is 322 g/mol. The number of amides is 5. The van der Waals surface area contributed by atoms with Gasteiger partial charge in [-0.2, -0.15) is 0 Å². The molecule has 0 spiro atoms. The van der Waals surface area contributed by atoms with E-state index in [9.17, 15) is 19.2 Å². The van der Waals surface area contributed by atoms with Crippen LogP contribution in [0.25, 0.3) is 0 Å². The monoisotopic (exact) mass is 343 g/mol. The molecule has 1 aliphatic heterocycles. The van der Waals surface area contributed by atoms with Crippen LogP contribution in [0.3, 0.4) is 0 Å². The number of urea groups is 1. The molecular formula is C18H21N3O4. The Hall–Kier alpha value is -2.70. The Balaban J connectivity index is 1.70. The lowest BCUT2D eigenvalue weighted by Crippen LogP contribution is -2.46. The quantitative estimate of drug-likeness (QED) is 0.669. The fourth-order valence-electron chi connectivity index (χ4n) is 3.50. The molecule has 1 heterocycles. The van der Waals surface area contributed by atoms with Gasteiger partial charge in [0.05, 0.1) is 0 Å². The van der Waals surface area contributed by atoms with Crippen LogP contribution >= 0.6 is 0 Å². The maximum atomic E-state index is 12.6. The summed E-state index contributed by atoms with van der Waals surface area (Å²) in [5.41, 5.74) is 0.565. The van der Waals surface area contributed by atoms with Crippen molar-refractivity contribution in [2.24, 2.45) is 5.92 Å². The van der Waals surface area contributed by atoms with Crippen molar-refractivity contribution in [3.8, 4) is 0 Å². The molecule has 0 bridgehead atoms. The smallest absolute Gasteiger partial charge is 0.325 e. The third kappa shape index (κ3) is 3.40. The number of hydrogen-bond acceptors (Lipinski definition) is 4. The number of benzene rings is 1. The SMILES string of the molecule is C[C@@H]1CCCC[C@@H]1N1C(=O)C(=O)N(CC(=O)Nc2ccccc2)C1=O. The summed E-state index contributed by atoms with van der Waals surface area (Å²) in [5, 5.41) is 2.61. The van der Waals surface area contributed by atoms with Gasteiger partial charge in [0.2, 0.25) is 5.91 Å². The van der Waals surface area contributed by atoms with Crippen LogP contribution in [0.5, 0.6) is 0 Å². The Morgan fingerprint density at radius 1 is 1.08 bits per heavy atom. The standard InChI is InChI=1S/C18H21N3O4/c1-12-7-5-6-10-14(12)21-17(24)16(23)20(18(21)25)11-15(22)19-13-8-3-2-4-9-13/h2-4,8-9,12,14H,5-7,10-11H2,1H3,(H,19,22)/t12-,14+/m1/s1. The Morgan fingerprint density at radius 3 is 2.44 bits per heavy atom. The van der Waals surface area contributed by atoms with Crippen LogP contribution in [-0.4, -0.2) is 46.1 Å². The van der Waals surface area contributed by atoms with E-state index in [1.165, 1.54) is 0 Å². The topological polar surface area (TPSA) is 86.8 Å². The Kier molecular flexibility index (Phi) is 4.83. The molecule has 1 aromatic carbocycles. The first kappa shape index (κ1) is 17.1. The van der Waals surface area contributed by atoms with Crippen LogP contribution in [0.2, 0.25) is 0 Å². The number of rotatable bonds is 4. The van der Waals surface area contributed by atoms with Crippen molar-refractivity contribution in [3.05, 3.63) is 30.3 Å². The highest BCUT2D eigenvalue weighted by Crippen LogP contribution is 2.31. The average molecular weight is 343 g/mol. The molecule has 1 saturated carbocycles. The summed E-state index contributed by atoms with van der Waals surface area (Å²) in [6.45, 7) is 1.52. The average Bonchev–Trinajstić information content (AvgIpc) is 2.80. The first-order valence-corrected chi connectivity index (χ1v) is 8.53. The largest absolute Gasteiger partial charge is 0.334 e. The lowest BCUT2D eigenvalue weighted by atomic mass is 9.85. The second kappa shape index (κ2) is 7.04. The molecule has 0 unspecified atom stereocenters. The van der Waals surface area contributed by atoms with Crippen LogP contribution in [0.4, 0.5) is 10.5 Å². The summed E-state index contributed by atoms with van der Waals surface area (Å²) >= 11 is 0. The zero-order valence-corrected chi connectivity index (χ0v) is 14.1. The molecule has 1 saturated heterocycles. The van der Waals surface area contributed by atoms with Crippen molar-refractivity contribution in [1.82, 2.24) is 9.80 Å². The third-order valence-electron chi connectivity index (χ3n) is 4.84. The zero-order valence-electron chi connectivity index (χ0n) is 14.1. The summed E-state index contributed by atoms with van der Waals surface area (Å²) in [7, 11) is 0. The van der Waals surface area contributed by atoms with Crippen molar-refractivity contribution in [2.45, 2.75) is 38.6 Å². The highest BCUT2D eigenvalue weighted by atomic mass is 16.2. The van der Waals surface area contributed by atoms with E-state index >= 15 is 0 Å². The zero-order chi connectivity index (χ0) is 18.0. The van der Waals surface area contributed by atoms with Crippen LogP contribution in [0, 0.1) is 5.92 Å². The molecule has 0 radical (unpaired) electrons. The van der Waals surface area contributed by atoms with Gasteiger partial charge in [-0.1, -0.05) is 38.0 Å². The van der Waals surface area contributed by atoms with E-state index in [2.05, 4.69) is 5.32 Å². The number of carbonyl (C=O) groups is 4. The van der Waals surface area contributed by atoms with Crippen LogP contribution < -0.4 is 5.32 Å². The van der Waals surface area contributed by atoms with Crippen molar-refractivity contribution >= 4 is 29.4 Å². The second-order valence-corrected chi connectivity index (χ2v) is 6.59. The van der Waals surface area contributed by atoms with Gasteiger partial charge in [0.15, 0.2) is 0 Å². The maximum absolute atomic E-state index is 12.6. The van der Waals surface area contributed by atoms with Gasteiger partial charge in [-0.3, -0.25) is 19.3 Å². The molecule has 7 heteroatoms. The summed E-state index contributed by atoms with van der Waals surface area (Å²) in [5.74, 6) is -2.10. The number of nitrogens with zero attached hydrogens (tertiary/aromatic N) is 2. The molecule has 25 heavy (non-hydrogen) atoms. The minimum Gasteiger partial charge on any atom is -0.325 e. The summed E-state index contributed by atoms with van der Waals surface area (Å²) in [6, 6.07) is 7.79. The number of para-hydroxylation sites is 1. The van der Waals surface area contributed by atoms with Crippen LogP contribution in [-0.2, 0) is 14.4 Å². The van der Waals surface area contributed by atoms with Crippen molar-refractivity contribution in [3.63, 3.8) is 0 Å². The first-order valence-electron chi connectivity index (χ1n) is 8.53. The third-order valence-corrected chi connectivity index (χ3v) is 4.84. The van der Waals surface area contributed by atoms with E-state index in [4.69, 9.17) is 0 Å². The maximum Gasteiger partial charge on any atom is 0.334 e. The van der Waals surface area contributed by atoms with E-state index in [0.717, 1.165) is 29.1 Å². The van der Waals surface area contributed by atoms with Crippen LogP contribution in [0.15, 0.2) is 30.3 Å². The fraction of sp³-hybridized carbons (Fsp3) is 0.444.